The van der Waals surface area contributed by atoms with Crippen LogP contribution in [0.5, 0.6) is 5.75 Å². The van der Waals surface area contributed by atoms with Crippen LogP contribution in [0.3, 0.4) is 0 Å². The second-order valence-electron chi connectivity index (χ2n) is 9.07. The number of carbonyl (C=O) groups excluding carboxylic acids is 2. The molecule has 10 heteroatoms. The molecule has 2 fully saturated rings. The van der Waals surface area contributed by atoms with Crippen molar-refractivity contribution in [3.63, 3.8) is 0 Å². The van der Waals surface area contributed by atoms with E-state index >= 15 is 0 Å². The minimum Gasteiger partial charge on any atom is -0.495 e. The van der Waals surface area contributed by atoms with Crippen molar-refractivity contribution < 1.29 is 23.8 Å². The summed E-state index contributed by atoms with van der Waals surface area (Å²) in [6.07, 6.45) is 0. The molecule has 2 aliphatic heterocycles. The smallest absolute Gasteiger partial charge is 0.253 e. The van der Waals surface area contributed by atoms with Crippen LogP contribution in [0, 0.1) is 0 Å². The number of hydrogen-bond donors (Lipinski definition) is 2. The second-order valence-corrected chi connectivity index (χ2v) is 9.07. The number of methoxy groups -OCH3 is 2. The SMILES string of the molecule is COCC(=O)Nc1ccc(N2CCN(c3ccccc3OC)CC2)c(C(=O)NCCN2CCOCC2)c1. The van der Waals surface area contributed by atoms with Gasteiger partial charge in [0.15, 0.2) is 0 Å². The van der Waals surface area contributed by atoms with Gasteiger partial charge in [0.1, 0.15) is 12.4 Å². The van der Waals surface area contributed by atoms with E-state index in [0.29, 0.717) is 17.8 Å². The first-order valence-corrected chi connectivity index (χ1v) is 12.7. The Kier molecular flexibility index (Phi) is 9.58. The first-order chi connectivity index (χ1) is 18.1. The van der Waals surface area contributed by atoms with Crippen LogP contribution in [0.25, 0.3) is 0 Å². The Labute approximate surface area is 218 Å². The van der Waals surface area contributed by atoms with Gasteiger partial charge in [-0.1, -0.05) is 12.1 Å². The summed E-state index contributed by atoms with van der Waals surface area (Å²) in [5.41, 5.74) is 3.04. The zero-order valence-corrected chi connectivity index (χ0v) is 21.7. The number of piperazine rings is 1. The Morgan fingerprint density at radius 2 is 1.62 bits per heavy atom. The molecule has 2 aromatic rings. The van der Waals surface area contributed by atoms with Gasteiger partial charge in [-0.15, -0.1) is 0 Å². The molecule has 10 nitrogen and oxygen atoms in total. The van der Waals surface area contributed by atoms with Crippen molar-refractivity contribution in [1.29, 1.82) is 0 Å². The number of nitrogens with one attached hydrogen (secondary N) is 2. The number of ether oxygens (including phenoxy) is 3. The molecule has 0 saturated carbocycles. The van der Waals surface area contributed by atoms with Crippen LogP contribution >= 0.6 is 0 Å². The summed E-state index contributed by atoms with van der Waals surface area (Å²) in [5.74, 6) is 0.435. The monoisotopic (exact) mass is 511 g/mol. The van der Waals surface area contributed by atoms with Crippen LogP contribution in [0.4, 0.5) is 17.1 Å². The highest BCUT2D eigenvalue weighted by Gasteiger charge is 2.24. The third-order valence-corrected chi connectivity index (χ3v) is 6.66. The first-order valence-electron chi connectivity index (χ1n) is 12.7. The molecule has 2 aliphatic rings. The van der Waals surface area contributed by atoms with Crippen LogP contribution in [-0.2, 0) is 14.3 Å². The van der Waals surface area contributed by atoms with Gasteiger partial charge < -0.3 is 34.6 Å². The topological polar surface area (TPSA) is 95.6 Å². The van der Waals surface area contributed by atoms with E-state index in [1.54, 1.807) is 13.2 Å². The molecule has 2 saturated heterocycles. The van der Waals surface area contributed by atoms with Crippen molar-refractivity contribution in [2.24, 2.45) is 0 Å². The van der Waals surface area contributed by atoms with E-state index in [1.165, 1.54) is 7.11 Å². The number of amides is 2. The average Bonchev–Trinajstić information content (AvgIpc) is 2.94. The van der Waals surface area contributed by atoms with Crippen molar-refractivity contribution in [2.75, 3.05) is 102 Å². The molecule has 0 spiro atoms. The van der Waals surface area contributed by atoms with Crippen LogP contribution in [-0.4, -0.2) is 103 Å². The number of rotatable bonds is 10. The number of morpholine rings is 1. The number of para-hydroxylation sites is 2. The first kappa shape index (κ1) is 26.7. The lowest BCUT2D eigenvalue weighted by atomic mass is 10.1. The Balaban J connectivity index is 1.46. The zero-order valence-electron chi connectivity index (χ0n) is 21.7. The minimum atomic E-state index is -0.264. The third kappa shape index (κ3) is 7.12. The fourth-order valence-electron chi connectivity index (χ4n) is 4.73. The van der Waals surface area contributed by atoms with Crippen molar-refractivity contribution in [2.45, 2.75) is 0 Å². The lowest BCUT2D eigenvalue weighted by Crippen LogP contribution is -2.47. The maximum Gasteiger partial charge on any atom is 0.253 e. The van der Waals surface area contributed by atoms with Crippen LogP contribution in [0.15, 0.2) is 42.5 Å². The highest BCUT2D eigenvalue weighted by atomic mass is 16.5. The fourth-order valence-corrected chi connectivity index (χ4v) is 4.73. The van der Waals surface area contributed by atoms with E-state index in [2.05, 4.69) is 31.4 Å². The Hall–Kier alpha value is -3.34. The average molecular weight is 512 g/mol. The summed E-state index contributed by atoms with van der Waals surface area (Å²) in [6, 6.07) is 13.5. The van der Waals surface area contributed by atoms with Gasteiger partial charge in [0.25, 0.3) is 5.91 Å². The molecule has 0 atom stereocenters. The fraction of sp³-hybridized carbons (Fsp3) is 0.481. The molecule has 0 aliphatic carbocycles. The molecule has 0 radical (unpaired) electrons. The van der Waals surface area contributed by atoms with Gasteiger partial charge in [-0.25, -0.2) is 0 Å². The molecule has 2 heterocycles. The summed E-state index contributed by atoms with van der Waals surface area (Å²) in [7, 11) is 3.16. The largest absolute Gasteiger partial charge is 0.495 e. The van der Waals surface area contributed by atoms with E-state index in [4.69, 9.17) is 14.2 Å². The number of carbonyl (C=O) groups is 2. The molecule has 0 unspecified atom stereocenters. The molecule has 37 heavy (non-hydrogen) atoms. The van der Waals surface area contributed by atoms with E-state index in [9.17, 15) is 9.59 Å². The quantitative estimate of drug-likeness (QED) is 0.498. The molecular weight excluding hydrogens is 474 g/mol. The Bertz CT molecular complexity index is 1050. The van der Waals surface area contributed by atoms with E-state index in [0.717, 1.165) is 76.2 Å². The highest BCUT2D eigenvalue weighted by molar-refractivity contribution is 6.02. The molecule has 2 aromatic carbocycles. The summed E-state index contributed by atoms with van der Waals surface area (Å²) in [4.78, 5) is 32.2. The van der Waals surface area contributed by atoms with Crippen molar-refractivity contribution >= 4 is 28.9 Å². The minimum absolute atomic E-state index is 0.0479. The molecular formula is C27H37N5O5. The van der Waals surface area contributed by atoms with E-state index in [-0.39, 0.29) is 18.4 Å². The lowest BCUT2D eigenvalue weighted by Gasteiger charge is -2.38. The summed E-state index contributed by atoms with van der Waals surface area (Å²) in [6.45, 7) is 7.56. The van der Waals surface area contributed by atoms with Gasteiger partial charge in [-0.3, -0.25) is 14.5 Å². The summed E-state index contributed by atoms with van der Waals surface area (Å²) in [5, 5.41) is 5.88. The van der Waals surface area contributed by atoms with Crippen LogP contribution in [0.2, 0.25) is 0 Å². The molecule has 2 amide bonds. The van der Waals surface area contributed by atoms with Crippen LogP contribution < -0.4 is 25.2 Å². The Morgan fingerprint density at radius 1 is 0.919 bits per heavy atom. The maximum atomic E-state index is 13.3. The lowest BCUT2D eigenvalue weighted by molar-refractivity contribution is -0.119. The molecule has 200 valence electrons. The van der Waals surface area contributed by atoms with Gasteiger partial charge in [0, 0.05) is 70.8 Å². The standard InChI is InChI=1S/C27H37N5O5/c1-35-20-26(33)29-21-7-8-23(22(19-21)27(34)28-9-10-30-15-17-37-18-16-30)31-11-13-32(14-12-31)24-5-3-4-6-25(24)36-2/h3-8,19H,9-18,20H2,1-2H3,(H,28,34)(H,29,33). The number of nitrogens with zero attached hydrogens (tertiary/aromatic N) is 3. The number of hydrogen-bond acceptors (Lipinski definition) is 8. The third-order valence-electron chi connectivity index (χ3n) is 6.66. The molecule has 4 rings (SSSR count). The zero-order chi connectivity index (χ0) is 26.0. The Morgan fingerprint density at radius 3 is 2.32 bits per heavy atom. The normalized spacial score (nSPS) is 16.4. The van der Waals surface area contributed by atoms with Gasteiger partial charge in [0.05, 0.1) is 31.6 Å². The predicted molar refractivity (Wildman–Crippen MR) is 144 cm³/mol. The maximum absolute atomic E-state index is 13.3. The second kappa shape index (κ2) is 13.3. The molecule has 0 aromatic heterocycles. The molecule has 0 bridgehead atoms. The number of benzene rings is 2. The highest BCUT2D eigenvalue weighted by Crippen LogP contribution is 2.31. The van der Waals surface area contributed by atoms with Crippen molar-refractivity contribution in [3.05, 3.63) is 48.0 Å². The van der Waals surface area contributed by atoms with Gasteiger partial charge in [-0.2, -0.15) is 0 Å². The summed E-state index contributed by atoms with van der Waals surface area (Å²) < 4.78 is 15.9. The van der Waals surface area contributed by atoms with Crippen molar-refractivity contribution in [3.8, 4) is 5.75 Å². The van der Waals surface area contributed by atoms with Crippen molar-refractivity contribution in [1.82, 2.24) is 10.2 Å². The van der Waals surface area contributed by atoms with Gasteiger partial charge in [-0.05, 0) is 30.3 Å². The van der Waals surface area contributed by atoms with Crippen LogP contribution in [0.1, 0.15) is 10.4 Å². The predicted octanol–water partition coefficient (Wildman–Crippen LogP) is 1.67. The number of anilines is 3. The molecule has 2 N–H and O–H groups in total. The van der Waals surface area contributed by atoms with E-state index in [1.807, 2.05) is 30.3 Å². The van der Waals surface area contributed by atoms with E-state index < -0.39 is 0 Å². The van der Waals surface area contributed by atoms with Gasteiger partial charge in [0.2, 0.25) is 5.91 Å². The van der Waals surface area contributed by atoms with Gasteiger partial charge >= 0.3 is 0 Å². The summed E-state index contributed by atoms with van der Waals surface area (Å²) >= 11 is 0.